The number of rotatable bonds is 3. The lowest BCUT2D eigenvalue weighted by Crippen LogP contribution is -2.17. The highest BCUT2D eigenvalue weighted by molar-refractivity contribution is 6.30. The summed E-state index contributed by atoms with van der Waals surface area (Å²) >= 11 is 5.90. The highest BCUT2D eigenvalue weighted by Gasteiger charge is 2.18. The number of nitrogens with zero attached hydrogens (tertiary/aromatic N) is 1. The average molecular weight is 289 g/mol. The number of amides is 1. The molecule has 0 saturated heterocycles. The molecule has 0 bridgehead atoms. The van der Waals surface area contributed by atoms with Gasteiger partial charge < -0.3 is 5.32 Å². The van der Waals surface area contributed by atoms with E-state index in [4.69, 9.17) is 11.6 Å². The highest BCUT2D eigenvalue weighted by atomic mass is 35.5. The summed E-state index contributed by atoms with van der Waals surface area (Å²) in [5.74, 6) is -0.682. The molecule has 0 radical (unpaired) electrons. The fraction of sp³-hybridized carbons (Fsp3) is 0.133. The molecule has 102 valence electrons. The van der Waals surface area contributed by atoms with Crippen molar-refractivity contribution in [2.75, 3.05) is 5.32 Å². The van der Waals surface area contributed by atoms with Crippen LogP contribution < -0.4 is 5.32 Å². The first-order valence-electron chi connectivity index (χ1n) is 6.03. The number of aryl methyl sites for hydroxylation is 1. The number of halogens is 1. The number of ketones is 1. The van der Waals surface area contributed by atoms with Crippen LogP contribution in [0.3, 0.4) is 0 Å². The molecule has 1 amide bonds. The van der Waals surface area contributed by atoms with Gasteiger partial charge in [0.2, 0.25) is 0 Å². The van der Waals surface area contributed by atoms with Gasteiger partial charge in [0.05, 0.1) is 5.56 Å². The van der Waals surface area contributed by atoms with Crippen molar-refractivity contribution in [2.24, 2.45) is 0 Å². The van der Waals surface area contributed by atoms with Crippen molar-refractivity contribution < 1.29 is 9.59 Å². The lowest BCUT2D eigenvalue weighted by Gasteiger charge is -2.09. The van der Waals surface area contributed by atoms with Crippen molar-refractivity contribution in [2.45, 2.75) is 13.8 Å². The van der Waals surface area contributed by atoms with E-state index in [1.54, 1.807) is 25.1 Å². The summed E-state index contributed by atoms with van der Waals surface area (Å²) in [6.45, 7) is 3.09. The third-order valence-corrected chi connectivity index (χ3v) is 3.14. The van der Waals surface area contributed by atoms with Crippen molar-refractivity contribution >= 4 is 29.0 Å². The van der Waals surface area contributed by atoms with E-state index in [0.29, 0.717) is 11.3 Å². The van der Waals surface area contributed by atoms with Crippen LogP contribution in [-0.4, -0.2) is 16.7 Å². The Morgan fingerprint density at radius 2 is 1.85 bits per heavy atom. The van der Waals surface area contributed by atoms with Crippen molar-refractivity contribution in [3.63, 3.8) is 0 Å². The van der Waals surface area contributed by atoms with Gasteiger partial charge in [-0.2, -0.15) is 0 Å². The molecule has 0 saturated carbocycles. The van der Waals surface area contributed by atoms with E-state index in [-0.39, 0.29) is 28.1 Å². The van der Waals surface area contributed by atoms with Crippen molar-refractivity contribution in [1.82, 2.24) is 4.98 Å². The zero-order valence-electron chi connectivity index (χ0n) is 11.1. The van der Waals surface area contributed by atoms with Crippen molar-refractivity contribution in [1.29, 1.82) is 0 Å². The largest absolute Gasteiger partial charge is 0.322 e. The first-order valence-corrected chi connectivity index (χ1v) is 6.41. The second-order valence-corrected chi connectivity index (χ2v) is 4.73. The first kappa shape index (κ1) is 14.2. The highest BCUT2D eigenvalue weighted by Crippen LogP contribution is 2.19. The topological polar surface area (TPSA) is 59.1 Å². The molecule has 1 N–H and O–H groups in total. The predicted octanol–water partition coefficient (Wildman–Crippen LogP) is 3.50. The minimum absolute atomic E-state index is 0.0778. The first-order chi connectivity index (χ1) is 9.49. The maximum Gasteiger partial charge on any atom is 0.258 e. The number of nitrogens with one attached hydrogen (secondary N) is 1. The van der Waals surface area contributed by atoms with Crippen LogP contribution in [0.15, 0.2) is 36.4 Å². The van der Waals surface area contributed by atoms with Crippen LogP contribution in [0.4, 0.5) is 5.69 Å². The van der Waals surface area contributed by atoms with Crippen LogP contribution in [-0.2, 0) is 0 Å². The Labute approximate surface area is 121 Å². The quantitative estimate of drug-likeness (QED) is 0.694. The minimum atomic E-state index is -0.381. The van der Waals surface area contributed by atoms with E-state index < -0.39 is 0 Å². The molecule has 1 aromatic carbocycles. The summed E-state index contributed by atoms with van der Waals surface area (Å²) in [6, 6.07) is 10.6. The summed E-state index contributed by atoms with van der Waals surface area (Å²) in [6.07, 6.45) is 0. The molecule has 1 aromatic heterocycles. The van der Waals surface area contributed by atoms with Crippen molar-refractivity contribution in [3.8, 4) is 0 Å². The molecule has 2 aromatic rings. The molecule has 0 unspecified atom stereocenters. The van der Waals surface area contributed by atoms with Gasteiger partial charge in [-0.3, -0.25) is 9.59 Å². The van der Waals surface area contributed by atoms with Gasteiger partial charge in [0.15, 0.2) is 5.78 Å². The van der Waals surface area contributed by atoms with Gasteiger partial charge in [0.25, 0.3) is 5.91 Å². The molecule has 5 heteroatoms. The second kappa shape index (κ2) is 5.84. The van der Waals surface area contributed by atoms with E-state index in [9.17, 15) is 9.59 Å². The summed E-state index contributed by atoms with van der Waals surface area (Å²) in [7, 11) is 0. The number of aromatic nitrogens is 1. The van der Waals surface area contributed by atoms with Crippen LogP contribution in [0.25, 0.3) is 0 Å². The van der Waals surface area contributed by atoms with Gasteiger partial charge in [-0.05, 0) is 30.7 Å². The van der Waals surface area contributed by atoms with E-state index in [2.05, 4.69) is 10.3 Å². The molecule has 1 heterocycles. The lowest BCUT2D eigenvalue weighted by molar-refractivity contribution is 0.0981. The van der Waals surface area contributed by atoms with Crippen LogP contribution in [0, 0.1) is 6.92 Å². The number of para-hydroxylation sites is 1. The summed E-state index contributed by atoms with van der Waals surface area (Å²) in [5.41, 5.74) is 1.60. The third kappa shape index (κ3) is 3.03. The second-order valence-electron chi connectivity index (χ2n) is 4.37. The molecule has 20 heavy (non-hydrogen) atoms. The molecular weight excluding hydrogens is 276 g/mol. The Kier molecular flexibility index (Phi) is 4.15. The van der Waals surface area contributed by atoms with E-state index in [1.165, 1.54) is 6.92 Å². The molecule has 4 nitrogen and oxygen atoms in total. The monoisotopic (exact) mass is 288 g/mol. The number of hydrogen-bond donors (Lipinski definition) is 1. The molecule has 0 aliphatic heterocycles. The maximum atomic E-state index is 12.3. The zero-order valence-corrected chi connectivity index (χ0v) is 11.9. The number of carbonyl (C=O) groups is 2. The Morgan fingerprint density at radius 1 is 1.20 bits per heavy atom. The summed E-state index contributed by atoms with van der Waals surface area (Å²) < 4.78 is 0. The Balaban J connectivity index is 2.39. The number of Topliss-reactive ketones (excluding diaryl/α,β-unsaturated/α-hetero) is 1. The van der Waals surface area contributed by atoms with E-state index in [0.717, 1.165) is 0 Å². The maximum absolute atomic E-state index is 12.3. The number of carbonyl (C=O) groups excluding carboxylic acids is 2. The zero-order chi connectivity index (χ0) is 14.7. The molecule has 0 atom stereocenters. The number of hydrogen-bond acceptors (Lipinski definition) is 3. The molecule has 0 aliphatic carbocycles. The average Bonchev–Trinajstić information content (AvgIpc) is 2.42. The van der Waals surface area contributed by atoms with E-state index in [1.807, 2.05) is 18.2 Å². The van der Waals surface area contributed by atoms with Gasteiger partial charge in [-0.1, -0.05) is 29.8 Å². The third-order valence-electron chi connectivity index (χ3n) is 2.76. The number of anilines is 1. The summed E-state index contributed by atoms with van der Waals surface area (Å²) in [5, 5.41) is 2.95. The number of pyridine rings is 1. The van der Waals surface area contributed by atoms with Gasteiger partial charge >= 0.3 is 0 Å². The number of benzene rings is 1. The van der Waals surface area contributed by atoms with E-state index >= 15 is 0 Å². The lowest BCUT2D eigenvalue weighted by atomic mass is 10.1. The molecule has 2 rings (SSSR count). The van der Waals surface area contributed by atoms with Gasteiger partial charge in [-0.25, -0.2) is 4.98 Å². The minimum Gasteiger partial charge on any atom is -0.322 e. The van der Waals surface area contributed by atoms with Crippen LogP contribution in [0.2, 0.25) is 5.15 Å². The molecule has 0 aliphatic rings. The Hall–Kier alpha value is -2.20. The SMILES string of the molecule is CC(=O)c1nc(Cl)c(C)cc1C(=O)Nc1ccccc1. The van der Waals surface area contributed by atoms with Gasteiger partial charge in [0, 0.05) is 12.6 Å². The standard InChI is InChI=1S/C15H13ClN2O2/c1-9-8-12(13(10(2)19)18-14(9)16)15(20)17-11-6-4-3-5-7-11/h3-8H,1-2H3,(H,17,20). The van der Waals surface area contributed by atoms with Crippen LogP contribution in [0.5, 0.6) is 0 Å². The predicted molar refractivity (Wildman–Crippen MR) is 78.4 cm³/mol. The molecule has 0 spiro atoms. The fourth-order valence-corrected chi connectivity index (χ4v) is 1.89. The molecule has 0 fully saturated rings. The Morgan fingerprint density at radius 3 is 2.45 bits per heavy atom. The van der Waals surface area contributed by atoms with Crippen molar-refractivity contribution in [3.05, 3.63) is 58.4 Å². The Bertz CT molecular complexity index is 669. The van der Waals surface area contributed by atoms with Gasteiger partial charge in [0.1, 0.15) is 10.8 Å². The van der Waals surface area contributed by atoms with Crippen LogP contribution in [0.1, 0.15) is 33.3 Å². The fourth-order valence-electron chi connectivity index (χ4n) is 1.75. The summed E-state index contributed by atoms with van der Waals surface area (Å²) in [4.78, 5) is 27.8. The normalized spacial score (nSPS) is 10.2. The molecular formula is C15H13ClN2O2. The van der Waals surface area contributed by atoms with Crippen LogP contribution >= 0.6 is 11.6 Å². The smallest absolute Gasteiger partial charge is 0.258 e. The van der Waals surface area contributed by atoms with Gasteiger partial charge in [-0.15, -0.1) is 0 Å².